The summed E-state index contributed by atoms with van der Waals surface area (Å²) < 4.78 is 0. The molecule has 0 radical (unpaired) electrons. The first-order valence-corrected chi connectivity index (χ1v) is 14.1. The van der Waals surface area contributed by atoms with Crippen molar-refractivity contribution in [1.82, 2.24) is 4.98 Å². The molecular weight excluding hydrogens is 482 g/mol. The van der Waals surface area contributed by atoms with Gasteiger partial charge in [0.05, 0.1) is 0 Å². The molecule has 0 unspecified atom stereocenters. The number of nitrogens with zero attached hydrogens (tertiary/aromatic N) is 1. The maximum atomic E-state index is 4.36. The van der Waals surface area contributed by atoms with Gasteiger partial charge in [-0.15, -0.1) is 0 Å². The van der Waals surface area contributed by atoms with Crippen LogP contribution in [0.2, 0.25) is 0 Å². The normalized spacial score (nSPS) is 11.6. The molecule has 7 aromatic rings. The molecule has 0 spiro atoms. The summed E-state index contributed by atoms with van der Waals surface area (Å²) in [6.07, 6.45) is 1.88. The van der Waals surface area contributed by atoms with Gasteiger partial charge in [-0.1, -0.05) is 123 Å². The predicted molar refractivity (Wildman–Crippen MR) is 172 cm³/mol. The highest BCUT2D eigenvalue weighted by Gasteiger charge is 2.19. The van der Waals surface area contributed by atoms with Crippen LogP contribution in [-0.2, 0) is 0 Å². The Kier molecular flexibility index (Phi) is 5.94. The van der Waals surface area contributed by atoms with Crippen LogP contribution in [0.4, 0.5) is 0 Å². The molecular formula is C39H31N. The molecule has 40 heavy (non-hydrogen) atoms. The molecule has 0 aliphatic heterocycles. The molecule has 1 aromatic heterocycles. The number of rotatable bonds is 4. The third-order valence-electron chi connectivity index (χ3n) is 8.18. The Morgan fingerprint density at radius 1 is 0.475 bits per heavy atom. The molecule has 0 aliphatic carbocycles. The number of benzene rings is 6. The van der Waals surface area contributed by atoms with Crippen molar-refractivity contribution in [3.63, 3.8) is 0 Å². The Balaban J connectivity index is 1.52. The van der Waals surface area contributed by atoms with Crippen molar-refractivity contribution in [2.75, 3.05) is 0 Å². The number of fused-ring (bicyclic) bond motifs is 3. The summed E-state index contributed by atoms with van der Waals surface area (Å²) in [5.74, 6) is 0.467. The molecule has 0 fully saturated rings. The van der Waals surface area contributed by atoms with Gasteiger partial charge >= 0.3 is 0 Å². The Hall–Kier alpha value is -4.75. The van der Waals surface area contributed by atoms with Crippen molar-refractivity contribution < 1.29 is 0 Å². The molecule has 192 valence electrons. The highest BCUT2D eigenvalue weighted by atomic mass is 14.6. The van der Waals surface area contributed by atoms with E-state index in [-0.39, 0.29) is 0 Å². The second-order valence-corrected chi connectivity index (χ2v) is 11.0. The van der Waals surface area contributed by atoms with E-state index in [0.717, 1.165) is 5.69 Å². The first-order chi connectivity index (χ1) is 19.6. The van der Waals surface area contributed by atoms with Crippen molar-refractivity contribution in [2.24, 2.45) is 0 Å². The first-order valence-electron chi connectivity index (χ1n) is 14.1. The van der Waals surface area contributed by atoms with Crippen molar-refractivity contribution in [3.8, 4) is 33.4 Å². The Morgan fingerprint density at radius 2 is 1.00 bits per heavy atom. The van der Waals surface area contributed by atoms with Gasteiger partial charge in [0.25, 0.3) is 0 Å². The maximum Gasteiger partial charge on any atom is 0.0378 e. The number of hydrogen-bond acceptors (Lipinski definition) is 1. The number of hydrogen-bond donors (Lipinski definition) is 0. The van der Waals surface area contributed by atoms with E-state index in [1.54, 1.807) is 0 Å². The zero-order valence-corrected chi connectivity index (χ0v) is 23.1. The minimum absolute atomic E-state index is 0.467. The van der Waals surface area contributed by atoms with Crippen LogP contribution < -0.4 is 0 Å². The van der Waals surface area contributed by atoms with Crippen LogP contribution in [0.15, 0.2) is 128 Å². The third-order valence-corrected chi connectivity index (χ3v) is 8.18. The van der Waals surface area contributed by atoms with E-state index in [4.69, 9.17) is 0 Å². The molecule has 0 aliphatic rings. The van der Waals surface area contributed by atoms with Crippen molar-refractivity contribution in [3.05, 3.63) is 139 Å². The van der Waals surface area contributed by atoms with Crippen LogP contribution >= 0.6 is 0 Å². The summed E-state index contributed by atoms with van der Waals surface area (Å²) in [6, 6.07) is 44.6. The first kappa shape index (κ1) is 24.3. The fraction of sp³-hybridized carbons (Fsp3) is 0.103. The number of aryl methyl sites for hydroxylation is 1. The largest absolute Gasteiger partial charge is 0.262 e. The van der Waals surface area contributed by atoms with Crippen molar-refractivity contribution in [2.45, 2.75) is 26.7 Å². The Labute approximate surface area is 235 Å². The zero-order chi connectivity index (χ0) is 27.2. The average Bonchev–Trinajstić information content (AvgIpc) is 2.99. The lowest BCUT2D eigenvalue weighted by molar-refractivity contribution is 0.876. The zero-order valence-electron chi connectivity index (χ0n) is 23.1. The highest BCUT2D eigenvalue weighted by molar-refractivity contribution is 6.23. The van der Waals surface area contributed by atoms with Crippen LogP contribution in [0.5, 0.6) is 0 Å². The molecule has 0 amide bonds. The second kappa shape index (κ2) is 9.77. The molecule has 0 saturated carbocycles. The SMILES string of the molecule is Cc1cc(-c2ccc(-c3c4ccccc4c(-c4ccc(C(C)C)c5ccccc45)c4ccccc34)cc2)ccn1. The minimum Gasteiger partial charge on any atom is -0.262 e. The lowest BCUT2D eigenvalue weighted by atomic mass is 9.83. The van der Waals surface area contributed by atoms with Gasteiger partial charge < -0.3 is 0 Å². The van der Waals surface area contributed by atoms with E-state index in [2.05, 4.69) is 140 Å². The third kappa shape index (κ3) is 3.98. The van der Waals surface area contributed by atoms with E-state index >= 15 is 0 Å². The van der Waals surface area contributed by atoms with Crippen molar-refractivity contribution >= 4 is 32.3 Å². The van der Waals surface area contributed by atoms with Gasteiger partial charge in [0, 0.05) is 11.9 Å². The summed E-state index contributed by atoms with van der Waals surface area (Å²) in [6.45, 7) is 6.60. The molecule has 1 nitrogen and oxygen atoms in total. The molecule has 0 saturated heterocycles. The summed E-state index contributed by atoms with van der Waals surface area (Å²) in [5, 5.41) is 7.78. The molecule has 0 atom stereocenters. The van der Waals surface area contributed by atoms with E-state index in [9.17, 15) is 0 Å². The lowest BCUT2D eigenvalue weighted by Crippen LogP contribution is -1.94. The standard InChI is InChI=1S/C39H31N/c1-25(2)30-20-21-37(32-11-5-4-10-31(30)32)39-35-14-8-6-12-33(35)38(34-13-7-9-15-36(34)39)28-18-16-27(17-19-28)29-22-23-40-26(3)24-29/h4-25H,1-3H3. The van der Waals surface area contributed by atoms with Crippen LogP contribution in [0.1, 0.15) is 31.0 Å². The quantitative estimate of drug-likeness (QED) is 0.213. The van der Waals surface area contributed by atoms with Crippen LogP contribution in [0.25, 0.3) is 65.7 Å². The summed E-state index contributed by atoms with van der Waals surface area (Å²) >= 11 is 0. The average molecular weight is 514 g/mol. The van der Waals surface area contributed by atoms with Gasteiger partial charge in [-0.25, -0.2) is 0 Å². The van der Waals surface area contributed by atoms with Gasteiger partial charge in [0.1, 0.15) is 0 Å². The van der Waals surface area contributed by atoms with E-state index in [0.29, 0.717) is 5.92 Å². The molecule has 1 heterocycles. The van der Waals surface area contributed by atoms with Gasteiger partial charge in [-0.05, 0) is 96.2 Å². The summed E-state index contributed by atoms with van der Waals surface area (Å²) in [7, 11) is 0. The molecule has 6 aromatic carbocycles. The van der Waals surface area contributed by atoms with Gasteiger partial charge in [0.2, 0.25) is 0 Å². The number of aromatic nitrogens is 1. The topological polar surface area (TPSA) is 12.9 Å². The van der Waals surface area contributed by atoms with Gasteiger partial charge in [-0.2, -0.15) is 0 Å². The second-order valence-electron chi connectivity index (χ2n) is 11.0. The fourth-order valence-corrected chi connectivity index (χ4v) is 6.33. The van der Waals surface area contributed by atoms with Gasteiger partial charge in [-0.3, -0.25) is 4.98 Å². The molecule has 0 bridgehead atoms. The van der Waals surface area contributed by atoms with E-state index in [1.165, 1.54) is 71.3 Å². The Bertz CT molecular complexity index is 1970. The summed E-state index contributed by atoms with van der Waals surface area (Å²) in [4.78, 5) is 4.36. The van der Waals surface area contributed by atoms with Gasteiger partial charge in [0.15, 0.2) is 0 Å². The van der Waals surface area contributed by atoms with Crippen LogP contribution in [-0.4, -0.2) is 4.98 Å². The van der Waals surface area contributed by atoms with Crippen molar-refractivity contribution in [1.29, 1.82) is 0 Å². The Morgan fingerprint density at radius 3 is 1.57 bits per heavy atom. The van der Waals surface area contributed by atoms with E-state index < -0.39 is 0 Å². The highest BCUT2D eigenvalue weighted by Crippen LogP contribution is 2.46. The molecule has 1 heteroatoms. The smallest absolute Gasteiger partial charge is 0.0378 e. The fourth-order valence-electron chi connectivity index (χ4n) is 6.33. The van der Waals surface area contributed by atoms with Crippen LogP contribution in [0.3, 0.4) is 0 Å². The molecule has 0 N–H and O–H groups in total. The predicted octanol–water partition coefficient (Wildman–Crippen LogP) is 11.0. The number of pyridine rings is 1. The van der Waals surface area contributed by atoms with E-state index in [1.807, 2.05) is 13.1 Å². The molecule has 7 rings (SSSR count). The van der Waals surface area contributed by atoms with Crippen LogP contribution in [0, 0.1) is 6.92 Å². The maximum absolute atomic E-state index is 4.36. The summed E-state index contributed by atoms with van der Waals surface area (Å²) in [5.41, 5.74) is 9.95. The lowest BCUT2D eigenvalue weighted by Gasteiger charge is -2.20. The minimum atomic E-state index is 0.467. The monoisotopic (exact) mass is 513 g/mol.